The molecule has 0 heterocycles. The maximum Gasteiger partial charge on any atom is 0.0408 e. The van der Waals surface area contributed by atoms with Crippen molar-refractivity contribution in [2.45, 2.75) is 38.0 Å². The molecule has 17 heavy (non-hydrogen) atoms. The lowest BCUT2D eigenvalue weighted by molar-refractivity contribution is 0.461. The van der Waals surface area contributed by atoms with Crippen LogP contribution in [-0.4, -0.2) is 11.8 Å². The first-order valence-electron chi connectivity index (χ1n) is 6.06. The Kier molecular flexibility index (Phi) is 6.69. The van der Waals surface area contributed by atoms with E-state index in [2.05, 4.69) is 13.0 Å². The molecule has 0 unspecified atom stereocenters. The minimum absolute atomic E-state index is 0.136. The second-order valence-electron chi connectivity index (χ2n) is 4.52. The Hall–Kier alpha value is 0.0900. The second kappa shape index (κ2) is 7.51. The molecule has 1 aromatic rings. The molecular formula is C14H19Cl3. The SMILES string of the molecule is CCCCCC(CCl)(CCl)c1cccc(Cl)c1. The highest BCUT2D eigenvalue weighted by Crippen LogP contribution is 2.34. The van der Waals surface area contributed by atoms with Gasteiger partial charge in [-0.15, -0.1) is 23.2 Å². The monoisotopic (exact) mass is 292 g/mol. The smallest absolute Gasteiger partial charge is 0.0408 e. The summed E-state index contributed by atoms with van der Waals surface area (Å²) in [4.78, 5) is 0. The fourth-order valence-electron chi connectivity index (χ4n) is 2.00. The summed E-state index contributed by atoms with van der Waals surface area (Å²) in [6.45, 7) is 2.20. The summed E-state index contributed by atoms with van der Waals surface area (Å²) < 4.78 is 0. The van der Waals surface area contributed by atoms with Gasteiger partial charge in [-0.1, -0.05) is 49.9 Å². The van der Waals surface area contributed by atoms with E-state index < -0.39 is 0 Å². The number of rotatable bonds is 7. The van der Waals surface area contributed by atoms with Crippen LogP contribution in [0.4, 0.5) is 0 Å². The molecule has 1 rings (SSSR count). The predicted octanol–water partition coefficient (Wildman–Crippen LogP) is 5.64. The lowest BCUT2D eigenvalue weighted by Gasteiger charge is -2.30. The summed E-state index contributed by atoms with van der Waals surface area (Å²) in [5.41, 5.74) is 1.02. The molecule has 0 aliphatic rings. The van der Waals surface area contributed by atoms with E-state index >= 15 is 0 Å². The van der Waals surface area contributed by atoms with Gasteiger partial charge in [-0.25, -0.2) is 0 Å². The molecule has 96 valence electrons. The average molecular weight is 294 g/mol. The number of hydrogen-bond acceptors (Lipinski definition) is 0. The van der Waals surface area contributed by atoms with E-state index in [1.807, 2.05) is 18.2 Å². The maximum atomic E-state index is 6.16. The van der Waals surface area contributed by atoms with Gasteiger partial charge in [0.1, 0.15) is 0 Å². The van der Waals surface area contributed by atoms with E-state index in [0.717, 1.165) is 23.4 Å². The number of halogens is 3. The van der Waals surface area contributed by atoms with Gasteiger partial charge >= 0.3 is 0 Å². The largest absolute Gasteiger partial charge is 0.126 e. The van der Waals surface area contributed by atoms with E-state index in [4.69, 9.17) is 34.8 Å². The lowest BCUT2D eigenvalue weighted by Crippen LogP contribution is -2.30. The predicted molar refractivity (Wildman–Crippen MR) is 78.7 cm³/mol. The Morgan fingerprint density at radius 1 is 1.12 bits per heavy atom. The van der Waals surface area contributed by atoms with Gasteiger partial charge in [0.25, 0.3) is 0 Å². The van der Waals surface area contributed by atoms with Crippen molar-refractivity contribution in [1.82, 2.24) is 0 Å². The standard InChI is InChI=1S/C14H19Cl3/c1-2-3-4-8-14(10-15,11-16)12-6-5-7-13(17)9-12/h5-7,9H,2-4,8,10-11H2,1H3. The van der Waals surface area contributed by atoms with Gasteiger partial charge in [-0.05, 0) is 24.1 Å². The zero-order chi connectivity index (χ0) is 12.7. The number of unbranched alkanes of at least 4 members (excludes halogenated alkanes) is 2. The molecule has 3 heteroatoms. The molecule has 0 atom stereocenters. The Morgan fingerprint density at radius 2 is 1.82 bits per heavy atom. The Bertz CT molecular complexity index is 332. The normalized spacial score (nSPS) is 11.8. The molecule has 0 aliphatic heterocycles. The molecule has 0 N–H and O–H groups in total. The molecule has 0 aromatic heterocycles. The fraction of sp³-hybridized carbons (Fsp3) is 0.571. The van der Waals surface area contributed by atoms with Gasteiger partial charge in [0, 0.05) is 22.2 Å². The third-order valence-corrected chi connectivity index (χ3v) is 4.47. The zero-order valence-electron chi connectivity index (χ0n) is 10.2. The van der Waals surface area contributed by atoms with Crippen LogP contribution in [0.5, 0.6) is 0 Å². The van der Waals surface area contributed by atoms with Gasteiger partial charge in [0.2, 0.25) is 0 Å². The molecule has 0 nitrogen and oxygen atoms in total. The quantitative estimate of drug-likeness (QED) is 0.451. The summed E-state index contributed by atoms with van der Waals surface area (Å²) in [5.74, 6) is 1.08. The van der Waals surface area contributed by atoms with Crippen LogP contribution >= 0.6 is 34.8 Å². The number of hydrogen-bond donors (Lipinski definition) is 0. The van der Waals surface area contributed by atoms with Crippen molar-refractivity contribution in [3.63, 3.8) is 0 Å². The van der Waals surface area contributed by atoms with Crippen LogP contribution in [0.3, 0.4) is 0 Å². The minimum Gasteiger partial charge on any atom is -0.126 e. The van der Waals surface area contributed by atoms with Crippen molar-refractivity contribution in [2.24, 2.45) is 0 Å². The van der Waals surface area contributed by atoms with E-state index in [-0.39, 0.29) is 5.41 Å². The molecule has 0 bridgehead atoms. The minimum atomic E-state index is -0.136. The zero-order valence-corrected chi connectivity index (χ0v) is 12.5. The van der Waals surface area contributed by atoms with Crippen molar-refractivity contribution in [3.05, 3.63) is 34.9 Å². The second-order valence-corrected chi connectivity index (χ2v) is 5.49. The first kappa shape index (κ1) is 15.1. The molecule has 0 fully saturated rings. The number of benzene rings is 1. The van der Waals surface area contributed by atoms with E-state index in [0.29, 0.717) is 11.8 Å². The summed E-state index contributed by atoms with van der Waals surface area (Å²) in [7, 11) is 0. The highest BCUT2D eigenvalue weighted by molar-refractivity contribution is 6.30. The van der Waals surface area contributed by atoms with Crippen LogP contribution in [0.1, 0.15) is 38.2 Å². The summed E-state index contributed by atoms with van der Waals surface area (Å²) in [5, 5.41) is 0.748. The highest BCUT2D eigenvalue weighted by Gasteiger charge is 2.30. The topological polar surface area (TPSA) is 0 Å². The van der Waals surface area contributed by atoms with Crippen molar-refractivity contribution in [2.75, 3.05) is 11.8 Å². The maximum absolute atomic E-state index is 6.16. The van der Waals surface area contributed by atoms with Crippen LogP contribution in [0.15, 0.2) is 24.3 Å². The molecule has 1 aromatic carbocycles. The van der Waals surface area contributed by atoms with Crippen LogP contribution < -0.4 is 0 Å². The fourth-order valence-corrected chi connectivity index (χ4v) is 3.05. The molecule has 0 amide bonds. The summed E-state index contributed by atoms with van der Waals surface area (Å²) in [6, 6.07) is 7.90. The van der Waals surface area contributed by atoms with Gasteiger partial charge < -0.3 is 0 Å². The van der Waals surface area contributed by atoms with E-state index in [1.165, 1.54) is 12.8 Å². The third kappa shape index (κ3) is 4.05. The van der Waals surface area contributed by atoms with Crippen LogP contribution in [0.25, 0.3) is 0 Å². The first-order valence-corrected chi connectivity index (χ1v) is 7.51. The summed E-state index contributed by atoms with van der Waals surface area (Å²) >= 11 is 18.4. The van der Waals surface area contributed by atoms with Gasteiger partial charge in [0.15, 0.2) is 0 Å². The molecule has 0 saturated heterocycles. The Balaban J connectivity index is 2.89. The van der Waals surface area contributed by atoms with Crippen molar-refractivity contribution < 1.29 is 0 Å². The molecule has 0 radical (unpaired) electrons. The first-order chi connectivity index (χ1) is 8.18. The van der Waals surface area contributed by atoms with Crippen LogP contribution in [-0.2, 0) is 5.41 Å². The molecule has 0 saturated carbocycles. The summed E-state index contributed by atoms with van der Waals surface area (Å²) in [6.07, 6.45) is 4.60. The molecule has 0 aliphatic carbocycles. The highest BCUT2D eigenvalue weighted by atomic mass is 35.5. The van der Waals surface area contributed by atoms with Crippen molar-refractivity contribution in [3.8, 4) is 0 Å². The van der Waals surface area contributed by atoms with E-state index in [9.17, 15) is 0 Å². The van der Waals surface area contributed by atoms with Gasteiger partial charge in [-0.3, -0.25) is 0 Å². The van der Waals surface area contributed by atoms with Crippen molar-refractivity contribution in [1.29, 1.82) is 0 Å². The van der Waals surface area contributed by atoms with Crippen LogP contribution in [0.2, 0.25) is 5.02 Å². The van der Waals surface area contributed by atoms with Gasteiger partial charge in [0.05, 0.1) is 0 Å². The third-order valence-electron chi connectivity index (χ3n) is 3.21. The Morgan fingerprint density at radius 3 is 2.35 bits per heavy atom. The van der Waals surface area contributed by atoms with Crippen molar-refractivity contribution >= 4 is 34.8 Å². The number of alkyl halides is 2. The van der Waals surface area contributed by atoms with E-state index in [1.54, 1.807) is 0 Å². The Labute approximate surface area is 119 Å². The van der Waals surface area contributed by atoms with Crippen LogP contribution in [0, 0.1) is 0 Å². The average Bonchev–Trinajstić information content (AvgIpc) is 2.35. The lowest BCUT2D eigenvalue weighted by atomic mass is 9.79. The molecular weight excluding hydrogens is 275 g/mol. The van der Waals surface area contributed by atoms with Gasteiger partial charge in [-0.2, -0.15) is 0 Å². The molecule has 0 spiro atoms.